The number of sulfonamides is 1. The lowest BCUT2D eigenvalue weighted by Crippen LogP contribution is -2.40. The molecule has 0 saturated heterocycles. The molecular formula is C22H20N2O2S2. The van der Waals surface area contributed by atoms with Crippen molar-refractivity contribution in [3.63, 3.8) is 0 Å². The lowest BCUT2D eigenvalue weighted by molar-refractivity contribution is 0.341. The molecule has 0 radical (unpaired) electrons. The number of thiophene rings is 1. The Labute approximate surface area is 168 Å². The number of aromatic nitrogens is 1. The summed E-state index contributed by atoms with van der Waals surface area (Å²) in [5.41, 5.74) is 5.40. The first-order valence-electron chi connectivity index (χ1n) is 9.27. The summed E-state index contributed by atoms with van der Waals surface area (Å²) in [7, 11) is -3.57. The second-order valence-corrected chi connectivity index (χ2v) is 10.2. The second-order valence-electron chi connectivity index (χ2n) is 7.17. The third kappa shape index (κ3) is 2.71. The molecule has 1 aliphatic rings. The van der Waals surface area contributed by atoms with Crippen LogP contribution in [0.5, 0.6) is 0 Å². The number of aryl methyl sites for hydroxylation is 1. The van der Waals surface area contributed by atoms with Crippen molar-refractivity contribution in [2.45, 2.75) is 23.6 Å². The third-order valence-corrected chi connectivity index (χ3v) is 8.68. The summed E-state index contributed by atoms with van der Waals surface area (Å²) in [5.74, 6) is 0. The van der Waals surface area contributed by atoms with Gasteiger partial charge in [0.05, 0.1) is 6.04 Å². The van der Waals surface area contributed by atoms with Crippen molar-refractivity contribution in [1.82, 2.24) is 9.29 Å². The van der Waals surface area contributed by atoms with E-state index >= 15 is 0 Å². The number of hydrogen-bond acceptors (Lipinski definition) is 3. The lowest BCUT2D eigenvalue weighted by Gasteiger charge is -2.35. The number of benzene rings is 2. The molecule has 5 rings (SSSR count). The van der Waals surface area contributed by atoms with Gasteiger partial charge in [-0.05, 0) is 42.0 Å². The number of fused-ring (bicyclic) bond motifs is 3. The summed E-state index contributed by atoms with van der Waals surface area (Å²) >= 11 is 1.27. The Balaban J connectivity index is 1.73. The number of para-hydroxylation sites is 1. The minimum atomic E-state index is -3.57. The molecular weight excluding hydrogens is 388 g/mol. The van der Waals surface area contributed by atoms with Gasteiger partial charge in [0, 0.05) is 23.1 Å². The van der Waals surface area contributed by atoms with E-state index in [1.165, 1.54) is 22.3 Å². The molecule has 4 aromatic rings. The molecule has 142 valence electrons. The molecule has 6 heteroatoms. The van der Waals surface area contributed by atoms with Crippen LogP contribution in [0.1, 0.15) is 28.4 Å². The van der Waals surface area contributed by atoms with E-state index in [0.29, 0.717) is 17.2 Å². The van der Waals surface area contributed by atoms with Crippen molar-refractivity contribution in [1.29, 1.82) is 0 Å². The van der Waals surface area contributed by atoms with Gasteiger partial charge in [0.1, 0.15) is 4.21 Å². The highest BCUT2D eigenvalue weighted by molar-refractivity contribution is 7.91. The van der Waals surface area contributed by atoms with Crippen LogP contribution in [0.3, 0.4) is 0 Å². The van der Waals surface area contributed by atoms with E-state index in [4.69, 9.17) is 0 Å². The van der Waals surface area contributed by atoms with Crippen LogP contribution in [0.2, 0.25) is 0 Å². The number of nitrogens with one attached hydrogen (secondary N) is 1. The Morgan fingerprint density at radius 1 is 1.04 bits per heavy atom. The summed E-state index contributed by atoms with van der Waals surface area (Å²) < 4.78 is 28.9. The topological polar surface area (TPSA) is 53.2 Å². The van der Waals surface area contributed by atoms with Crippen LogP contribution >= 0.6 is 11.3 Å². The van der Waals surface area contributed by atoms with E-state index in [-0.39, 0.29) is 6.04 Å². The van der Waals surface area contributed by atoms with Crippen molar-refractivity contribution < 1.29 is 8.42 Å². The first-order chi connectivity index (χ1) is 13.6. The Bertz CT molecular complexity index is 1240. The summed E-state index contributed by atoms with van der Waals surface area (Å²) in [6, 6.07) is 19.5. The van der Waals surface area contributed by atoms with Gasteiger partial charge in [0.2, 0.25) is 0 Å². The zero-order chi connectivity index (χ0) is 19.3. The predicted octanol–water partition coefficient (Wildman–Crippen LogP) is 4.87. The normalized spacial score (nSPS) is 17.7. The lowest BCUT2D eigenvalue weighted by atomic mass is 9.94. The number of H-pyrrole nitrogens is 1. The number of nitrogens with zero attached hydrogens (tertiary/aromatic N) is 1. The van der Waals surface area contributed by atoms with Crippen molar-refractivity contribution in [2.75, 3.05) is 6.54 Å². The van der Waals surface area contributed by atoms with Crippen molar-refractivity contribution in [3.05, 3.63) is 88.4 Å². The molecule has 3 heterocycles. The van der Waals surface area contributed by atoms with E-state index in [0.717, 1.165) is 22.3 Å². The maximum atomic E-state index is 13.4. The van der Waals surface area contributed by atoms with Gasteiger partial charge in [-0.25, -0.2) is 8.42 Å². The molecule has 1 atom stereocenters. The Morgan fingerprint density at radius 3 is 2.57 bits per heavy atom. The summed E-state index contributed by atoms with van der Waals surface area (Å²) in [6.45, 7) is 2.51. The van der Waals surface area contributed by atoms with Crippen LogP contribution in [-0.4, -0.2) is 24.3 Å². The molecule has 0 aliphatic carbocycles. The molecule has 0 saturated carbocycles. The minimum absolute atomic E-state index is 0.358. The predicted molar refractivity (Wildman–Crippen MR) is 113 cm³/mol. The molecule has 0 amide bonds. The van der Waals surface area contributed by atoms with Gasteiger partial charge in [-0.2, -0.15) is 4.31 Å². The van der Waals surface area contributed by atoms with Crippen LogP contribution in [-0.2, 0) is 16.4 Å². The maximum absolute atomic E-state index is 13.4. The van der Waals surface area contributed by atoms with Gasteiger partial charge in [0.25, 0.3) is 10.0 Å². The molecule has 0 unspecified atom stereocenters. The summed E-state index contributed by atoms with van der Waals surface area (Å²) in [4.78, 5) is 3.52. The van der Waals surface area contributed by atoms with Crippen LogP contribution in [0.15, 0.2) is 70.3 Å². The van der Waals surface area contributed by atoms with Gasteiger partial charge >= 0.3 is 0 Å². The second kappa shape index (κ2) is 6.58. The SMILES string of the molecule is Cc1ccc([C@@H]2c3[nH]c4ccccc4c3CCN2S(=O)(=O)c2cccs2)cc1. The average molecular weight is 409 g/mol. The zero-order valence-corrected chi connectivity index (χ0v) is 17.1. The Hall–Kier alpha value is -2.41. The highest BCUT2D eigenvalue weighted by Crippen LogP contribution is 2.41. The van der Waals surface area contributed by atoms with Gasteiger partial charge in [0.15, 0.2) is 0 Å². The fraction of sp³-hybridized carbons (Fsp3) is 0.182. The van der Waals surface area contributed by atoms with Crippen molar-refractivity contribution >= 4 is 32.3 Å². The molecule has 0 fully saturated rings. The monoisotopic (exact) mass is 408 g/mol. The molecule has 1 aliphatic heterocycles. The van der Waals surface area contributed by atoms with Gasteiger partial charge < -0.3 is 4.98 Å². The number of rotatable bonds is 3. The zero-order valence-electron chi connectivity index (χ0n) is 15.4. The van der Waals surface area contributed by atoms with Gasteiger partial charge in [-0.3, -0.25) is 0 Å². The quantitative estimate of drug-likeness (QED) is 0.526. The molecule has 0 bridgehead atoms. The van der Waals surface area contributed by atoms with Crippen LogP contribution in [0.4, 0.5) is 0 Å². The first kappa shape index (κ1) is 17.7. The minimum Gasteiger partial charge on any atom is -0.357 e. The fourth-order valence-electron chi connectivity index (χ4n) is 4.09. The Kier molecular flexibility index (Phi) is 4.16. The highest BCUT2D eigenvalue weighted by Gasteiger charge is 2.39. The first-order valence-corrected chi connectivity index (χ1v) is 11.6. The average Bonchev–Trinajstić information content (AvgIpc) is 3.36. The molecule has 4 nitrogen and oxygen atoms in total. The smallest absolute Gasteiger partial charge is 0.253 e. The van der Waals surface area contributed by atoms with E-state index in [1.807, 2.05) is 48.7 Å². The fourth-order valence-corrected chi connectivity index (χ4v) is 6.79. The third-order valence-electron chi connectivity index (χ3n) is 5.44. The molecule has 28 heavy (non-hydrogen) atoms. The van der Waals surface area contributed by atoms with Gasteiger partial charge in [-0.15, -0.1) is 11.3 Å². The molecule has 2 aromatic heterocycles. The van der Waals surface area contributed by atoms with Crippen LogP contribution in [0.25, 0.3) is 10.9 Å². The van der Waals surface area contributed by atoms with E-state index in [1.54, 1.807) is 16.4 Å². The van der Waals surface area contributed by atoms with E-state index in [2.05, 4.69) is 17.1 Å². The highest BCUT2D eigenvalue weighted by atomic mass is 32.2. The standard InChI is InChI=1S/C22H20N2O2S2/c1-15-8-10-16(11-9-15)22-21-18(17-5-2-3-6-19(17)23-21)12-13-24(22)28(25,26)20-7-4-14-27-20/h2-11,14,22-23H,12-13H2,1H3/t22-/m1/s1. The maximum Gasteiger partial charge on any atom is 0.253 e. The van der Waals surface area contributed by atoms with Crippen molar-refractivity contribution in [3.8, 4) is 0 Å². The molecule has 1 N–H and O–H groups in total. The number of hydrogen-bond donors (Lipinski definition) is 1. The molecule has 0 spiro atoms. The van der Waals surface area contributed by atoms with E-state index in [9.17, 15) is 8.42 Å². The summed E-state index contributed by atoms with van der Waals surface area (Å²) in [6.07, 6.45) is 0.701. The number of aromatic amines is 1. The summed E-state index contributed by atoms with van der Waals surface area (Å²) in [5, 5.41) is 2.99. The van der Waals surface area contributed by atoms with Gasteiger partial charge in [-0.1, -0.05) is 54.1 Å². The van der Waals surface area contributed by atoms with E-state index < -0.39 is 10.0 Å². The Morgan fingerprint density at radius 2 is 1.82 bits per heavy atom. The molecule has 2 aromatic carbocycles. The van der Waals surface area contributed by atoms with Crippen molar-refractivity contribution in [2.24, 2.45) is 0 Å². The van der Waals surface area contributed by atoms with Crippen LogP contribution in [0, 0.1) is 6.92 Å². The van der Waals surface area contributed by atoms with Crippen LogP contribution < -0.4 is 0 Å². The largest absolute Gasteiger partial charge is 0.357 e.